The monoisotopic (exact) mass is 394 g/mol. The van der Waals surface area contributed by atoms with Gasteiger partial charge in [0.05, 0.1) is 0 Å². The van der Waals surface area contributed by atoms with Crippen molar-refractivity contribution < 1.29 is 14.3 Å². The molecule has 2 aliphatic rings. The summed E-state index contributed by atoms with van der Waals surface area (Å²) in [5.74, 6) is 0.766. The highest BCUT2D eigenvalue weighted by atomic mass is 16.7. The van der Waals surface area contributed by atoms with Crippen LogP contribution in [0.3, 0.4) is 0 Å². The molecule has 0 amide bonds. The Morgan fingerprint density at radius 3 is 1.39 bits per heavy atom. The maximum absolute atomic E-state index is 13.2. The maximum Gasteiger partial charge on any atom is 0.509 e. The molecule has 2 fully saturated rings. The molecule has 0 aromatic carbocycles. The fraction of sp³-hybridized carbons (Fsp3) is 0.960. The first-order valence-corrected chi connectivity index (χ1v) is 11.8. The summed E-state index contributed by atoms with van der Waals surface area (Å²) < 4.78 is 12.6. The van der Waals surface area contributed by atoms with E-state index in [1.807, 2.05) is 0 Å². The zero-order chi connectivity index (χ0) is 21.2. The van der Waals surface area contributed by atoms with E-state index in [0.717, 1.165) is 51.4 Å². The molecular formula is C25H46O3. The second-order valence-corrected chi connectivity index (χ2v) is 11.6. The Morgan fingerprint density at radius 1 is 0.750 bits per heavy atom. The third-order valence-corrected chi connectivity index (χ3v) is 7.82. The molecule has 0 aliphatic heterocycles. The van der Waals surface area contributed by atoms with Crippen LogP contribution in [0, 0.1) is 22.7 Å². The van der Waals surface area contributed by atoms with E-state index >= 15 is 0 Å². The highest BCUT2D eigenvalue weighted by molar-refractivity contribution is 5.61. The summed E-state index contributed by atoms with van der Waals surface area (Å²) in [6.45, 7) is 18.0. The summed E-state index contributed by atoms with van der Waals surface area (Å²) in [6.07, 6.45) is 10.2. The summed E-state index contributed by atoms with van der Waals surface area (Å²) in [7, 11) is 0. The predicted octanol–water partition coefficient (Wildman–Crippen LogP) is 7.91. The van der Waals surface area contributed by atoms with E-state index in [9.17, 15) is 4.79 Å². The number of hydrogen-bond donors (Lipinski definition) is 0. The lowest BCUT2D eigenvalue weighted by molar-refractivity contribution is -0.162. The number of hydrogen-bond acceptors (Lipinski definition) is 3. The van der Waals surface area contributed by atoms with Crippen LogP contribution in [0.25, 0.3) is 0 Å². The second kappa shape index (κ2) is 8.56. The van der Waals surface area contributed by atoms with Crippen LogP contribution in [0.1, 0.15) is 120 Å². The van der Waals surface area contributed by atoms with Crippen LogP contribution in [0.5, 0.6) is 0 Å². The van der Waals surface area contributed by atoms with Crippen molar-refractivity contribution in [1.82, 2.24) is 0 Å². The van der Waals surface area contributed by atoms with Crippen molar-refractivity contribution in [3.05, 3.63) is 0 Å². The first-order valence-electron chi connectivity index (χ1n) is 11.8. The summed E-state index contributed by atoms with van der Waals surface area (Å²) in [4.78, 5) is 13.2. The fourth-order valence-corrected chi connectivity index (χ4v) is 6.45. The van der Waals surface area contributed by atoms with Crippen molar-refractivity contribution >= 4 is 6.16 Å². The topological polar surface area (TPSA) is 35.5 Å². The molecule has 2 saturated carbocycles. The largest absolute Gasteiger partial charge is 0.509 e. The van der Waals surface area contributed by atoms with Gasteiger partial charge in [-0.25, -0.2) is 4.79 Å². The Kier molecular flexibility index (Phi) is 7.20. The first kappa shape index (κ1) is 23.5. The van der Waals surface area contributed by atoms with Gasteiger partial charge >= 0.3 is 6.16 Å². The number of rotatable bonds is 4. The smallest absolute Gasteiger partial charge is 0.427 e. The molecule has 2 aliphatic carbocycles. The summed E-state index contributed by atoms with van der Waals surface area (Å²) in [5.41, 5.74) is -0.515. The molecule has 164 valence electrons. The molecule has 0 radical (unpaired) electrons. The van der Waals surface area contributed by atoms with E-state index in [1.54, 1.807) is 0 Å². The van der Waals surface area contributed by atoms with Crippen molar-refractivity contribution in [3.8, 4) is 0 Å². The highest BCUT2D eigenvalue weighted by Gasteiger charge is 2.51. The highest BCUT2D eigenvalue weighted by Crippen LogP contribution is 2.51. The molecule has 28 heavy (non-hydrogen) atoms. The molecular weight excluding hydrogens is 348 g/mol. The minimum absolute atomic E-state index is 0.123. The van der Waals surface area contributed by atoms with Gasteiger partial charge in [0.1, 0.15) is 11.2 Å². The van der Waals surface area contributed by atoms with E-state index in [1.165, 1.54) is 12.8 Å². The van der Waals surface area contributed by atoms with Gasteiger partial charge in [0.2, 0.25) is 0 Å². The quantitative estimate of drug-likeness (QED) is 0.454. The lowest BCUT2D eigenvalue weighted by Gasteiger charge is -2.51. The minimum atomic E-state index is -0.420. The SMILES string of the molecule is CCC1(OC(=O)OC2(CC)CCCCC2C(C)(C)C)CCCCC1C(C)(C)C. The minimum Gasteiger partial charge on any atom is -0.427 e. The molecule has 0 aromatic rings. The molecule has 4 unspecified atom stereocenters. The predicted molar refractivity (Wildman–Crippen MR) is 116 cm³/mol. The summed E-state index contributed by atoms with van der Waals surface area (Å²) in [6, 6.07) is 0. The number of ether oxygens (including phenoxy) is 2. The molecule has 4 atom stereocenters. The van der Waals surface area contributed by atoms with Gasteiger partial charge in [-0.2, -0.15) is 0 Å². The van der Waals surface area contributed by atoms with Crippen LogP contribution in [-0.4, -0.2) is 17.4 Å². The van der Waals surface area contributed by atoms with Crippen LogP contribution >= 0.6 is 0 Å². The van der Waals surface area contributed by atoms with E-state index in [2.05, 4.69) is 55.4 Å². The number of carbonyl (C=O) groups excluding carboxylic acids is 1. The molecule has 0 saturated heterocycles. The second-order valence-electron chi connectivity index (χ2n) is 11.6. The van der Waals surface area contributed by atoms with Crippen molar-refractivity contribution in [2.24, 2.45) is 22.7 Å². The molecule has 0 aromatic heterocycles. The summed E-state index contributed by atoms with van der Waals surface area (Å²) in [5, 5.41) is 0. The molecule has 0 N–H and O–H groups in total. The Bertz CT molecular complexity index is 481. The van der Waals surface area contributed by atoms with Gasteiger partial charge in [-0.1, -0.05) is 68.2 Å². The van der Waals surface area contributed by atoms with E-state index in [0.29, 0.717) is 11.8 Å². The van der Waals surface area contributed by atoms with E-state index in [-0.39, 0.29) is 22.0 Å². The average Bonchev–Trinajstić information content (AvgIpc) is 2.60. The van der Waals surface area contributed by atoms with Crippen molar-refractivity contribution in [2.45, 2.75) is 131 Å². The van der Waals surface area contributed by atoms with Gasteiger partial charge in [-0.3, -0.25) is 0 Å². The van der Waals surface area contributed by atoms with E-state index in [4.69, 9.17) is 9.47 Å². The molecule has 2 rings (SSSR count). The molecule has 3 heteroatoms. The summed E-state index contributed by atoms with van der Waals surface area (Å²) >= 11 is 0. The van der Waals surface area contributed by atoms with Gasteiger partial charge < -0.3 is 9.47 Å². The first-order chi connectivity index (χ1) is 12.9. The Labute approximate surface area is 174 Å². The molecule has 0 spiro atoms. The normalized spacial score (nSPS) is 34.7. The molecule has 0 heterocycles. The van der Waals surface area contributed by atoms with E-state index < -0.39 is 6.16 Å². The third kappa shape index (κ3) is 4.87. The van der Waals surface area contributed by atoms with Crippen molar-refractivity contribution in [3.63, 3.8) is 0 Å². The zero-order valence-corrected chi connectivity index (χ0v) is 20.0. The van der Waals surface area contributed by atoms with Crippen LogP contribution in [0.2, 0.25) is 0 Å². The Balaban J connectivity index is 2.24. The molecule has 3 nitrogen and oxygen atoms in total. The van der Waals surface area contributed by atoms with Gasteiger partial charge in [0, 0.05) is 11.8 Å². The van der Waals surface area contributed by atoms with Gasteiger partial charge in [0.15, 0.2) is 0 Å². The van der Waals surface area contributed by atoms with Crippen LogP contribution in [-0.2, 0) is 9.47 Å². The Hall–Kier alpha value is -0.730. The van der Waals surface area contributed by atoms with Crippen LogP contribution in [0.4, 0.5) is 4.79 Å². The van der Waals surface area contributed by atoms with Gasteiger partial charge in [-0.05, 0) is 62.2 Å². The lowest BCUT2D eigenvalue weighted by Crippen LogP contribution is -2.53. The fourth-order valence-electron chi connectivity index (χ4n) is 6.45. The molecule has 0 bridgehead atoms. The van der Waals surface area contributed by atoms with Crippen LogP contribution in [0.15, 0.2) is 0 Å². The van der Waals surface area contributed by atoms with Crippen molar-refractivity contribution in [1.29, 1.82) is 0 Å². The maximum atomic E-state index is 13.2. The zero-order valence-electron chi connectivity index (χ0n) is 20.0. The Morgan fingerprint density at radius 2 is 1.11 bits per heavy atom. The lowest BCUT2D eigenvalue weighted by atomic mass is 9.62. The average molecular weight is 395 g/mol. The van der Waals surface area contributed by atoms with Gasteiger partial charge in [-0.15, -0.1) is 0 Å². The number of carbonyl (C=O) groups is 1. The van der Waals surface area contributed by atoms with Crippen LogP contribution < -0.4 is 0 Å². The standard InChI is InChI=1S/C25H46O3/c1-9-24(17-13-11-15-19(24)22(3,4)5)27-21(26)28-25(10-2)18-14-12-16-20(25)23(6,7)8/h19-20H,9-18H2,1-8H3. The van der Waals surface area contributed by atoms with Gasteiger partial charge in [0.25, 0.3) is 0 Å². The third-order valence-electron chi connectivity index (χ3n) is 7.82. The van der Waals surface area contributed by atoms with Crippen molar-refractivity contribution in [2.75, 3.05) is 0 Å².